The zero-order valence-corrected chi connectivity index (χ0v) is 12.5. The van der Waals surface area contributed by atoms with Crippen LogP contribution in [-0.2, 0) is 4.74 Å². The lowest BCUT2D eigenvalue weighted by atomic mass is 9.91. The van der Waals surface area contributed by atoms with E-state index in [0.29, 0.717) is 17.5 Å². The number of ether oxygens (including phenoxy) is 1. The van der Waals surface area contributed by atoms with Crippen molar-refractivity contribution >= 4 is 0 Å². The van der Waals surface area contributed by atoms with Gasteiger partial charge in [-0.3, -0.25) is 4.90 Å². The topological polar surface area (TPSA) is 24.5 Å². The maximum atomic E-state index is 5.73. The van der Waals surface area contributed by atoms with Crippen molar-refractivity contribution in [2.75, 3.05) is 32.8 Å². The summed E-state index contributed by atoms with van der Waals surface area (Å²) >= 11 is 0. The molecule has 0 aromatic heterocycles. The van der Waals surface area contributed by atoms with Crippen LogP contribution in [0.2, 0.25) is 0 Å². The zero-order chi connectivity index (χ0) is 13.2. The van der Waals surface area contributed by atoms with E-state index in [0.717, 1.165) is 32.2 Å². The van der Waals surface area contributed by atoms with E-state index in [1.54, 1.807) is 0 Å². The van der Waals surface area contributed by atoms with Gasteiger partial charge in [-0.2, -0.15) is 0 Å². The van der Waals surface area contributed by atoms with Gasteiger partial charge in [0.2, 0.25) is 0 Å². The van der Waals surface area contributed by atoms with E-state index in [2.05, 4.69) is 37.9 Å². The predicted octanol–water partition coefficient (Wildman–Crippen LogP) is 2.12. The number of nitrogens with one attached hydrogen (secondary N) is 1. The Hall–Kier alpha value is -0.120. The first-order valence-electron chi connectivity index (χ1n) is 7.58. The number of hydrogen-bond acceptors (Lipinski definition) is 3. The summed E-state index contributed by atoms with van der Waals surface area (Å²) in [6.07, 6.45) is 2.82. The second-order valence-electron chi connectivity index (χ2n) is 6.86. The molecule has 1 aliphatic carbocycles. The fraction of sp³-hybridized carbons (Fsp3) is 1.00. The van der Waals surface area contributed by atoms with Crippen molar-refractivity contribution in [1.82, 2.24) is 10.2 Å². The molecule has 2 aliphatic rings. The Labute approximate surface area is 112 Å². The van der Waals surface area contributed by atoms with Crippen molar-refractivity contribution < 1.29 is 4.74 Å². The summed E-state index contributed by atoms with van der Waals surface area (Å²) in [5, 5.41) is 3.76. The summed E-state index contributed by atoms with van der Waals surface area (Å²) in [7, 11) is 0. The lowest BCUT2D eigenvalue weighted by Gasteiger charge is -2.45. The van der Waals surface area contributed by atoms with E-state index in [4.69, 9.17) is 4.74 Å². The van der Waals surface area contributed by atoms with Crippen LogP contribution in [0.3, 0.4) is 0 Å². The molecule has 2 rings (SSSR count). The molecule has 0 aromatic carbocycles. The van der Waals surface area contributed by atoms with Crippen LogP contribution in [0.5, 0.6) is 0 Å². The minimum absolute atomic E-state index is 0.352. The first-order valence-corrected chi connectivity index (χ1v) is 7.58. The third-order valence-corrected chi connectivity index (χ3v) is 4.41. The Balaban J connectivity index is 1.75. The van der Waals surface area contributed by atoms with Gasteiger partial charge in [0, 0.05) is 37.8 Å². The number of piperazine rings is 1. The van der Waals surface area contributed by atoms with Gasteiger partial charge in [-0.05, 0) is 38.5 Å². The molecule has 2 fully saturated rings. The van der Waals surface area contributed by atoms with Gasteiger partial charge in [0.1, 0.15) is 0 Å². The average Bonchev–Trinajstić information content (AvgIpc) is 3.13. The summed E-state index contributed by atoms with van der Waals surface area (Å²) in [5.41, 5.74) is 0.352. The molecule has 1 saturated heterocycles. The van der Waals surface area contributed by atoms with Crippen LogP contribution in [0.1, 0.15) is 40.5 Å². The molecule has 3 heteroatoms. The highest BCUT2D eigenvalue weighted by Gasteiger charge is 2.45. The molecule has 1 heterocycles. The Morgan fingerprint density at radius 2 is 2.11 bits per heavy atom. The molecule has 1 saturated carbocycles. The standard InChI is InChI=1S/C15H30N2O/c1-12(2)10-18-8-7-17-11-15(4,14-5-6-14)16-9-13(17)3/h12-14,16H,5-11H2,1-4H3. The van der Waals surface area contributed by atoms with E-state index >= 15 is 0 Å². The molecule has 1 N–H and O–H groups in total. The molecular weight excluding hydrogens is 224 g/mol. The summed E-state index contributed by atoms with van der Waals surface area (Å²) in [6.45, 7) is 14.3. The van der Waals surface area contributed by atoms with Crippen LogP contribution in [-0.4, -0.2) is 49.3 Å². The highest BCUT2D eigenvalue weighted by Crippen LogP contribution is 2.41. The quantitative estimate of drug-likeness (QED) is 0.735. The van der Waals surface area contributed by atoms with Crippen molar-refractivity contribution in [3.8, 4) is 0 Å². The molecule has 0 amide bonds. The predicted molar refractivity (Wildman–Crippen MR) is 75.8 cm³/mol. The largest absolute Gasteiger partial charge is 0.380 e. The van der Waals surface area contributed by atoms with Gasteiger partial charge in [-0.25, -0.2) is 0 Å². The summed E-state index contributed by atoms with van der Waals surface area (Å²) in [4.78, 5) is 2.61. The van der Waals surface area contributed by atoms with Gasteiger partial charge in [0.05, 0.1) is 6.61 Å². The van der Waals surface area contributed by atoms with Gasteiger partial charge in [-0.1, -0.05) is 13.8 Å². The Bertz CT molecular complexity index is 265. The van der Waals surface area contributed by atoms with Crippen LogP contribution < -0.4 is 5.32 Å². The van der Waals surface area contributed by atoms with Gasteiger partial charge in [0.25, 0.3) is 0 Å². The SMILES string of the molecule is CC(C)COCCN1CC(C)(C2CC2)NCC1C. The minimum Gasteiger partial charge on any atom is -0.380 e. The average molecular weight is 254 g/mol. The lowest BCUT2D eigenvalue weighted by molar-refractivity contribution is 0.0375. The van der Waals surface area contributed by atoms with E-state index in [-0.39, 0.29) is 0 Å². The van der Waals surface area contributed by atoms with Crippen LogP contribution in [0, 0.1) is 11.8 Å². The molecular formula is C15H30N2O. The van der Waals surface area contributed by atoms with Gasteiger partial charge < -0.3 is 10.1 Å². The fourth-order valence-corrected chi connectivity index (χ4v) is 2.94. The minimum atomic E-state index is 0.352. The van der Waals surface area contributed by atoms with Crippen molar-refractivity contribution in [2.24, 2.45) is 11.8 Å². The molecule has 2 unspecified atom stereocenters. The second kappa shape index (κ2) is 5.89. The molecule has 2 atom stereocenters. The molecule has 0 radical (unpaired) electrons. The van der Waals surface area contributed by atoms with Crippen molar-refractivity contribution in [3.63, 3.8) is 0 Å². The lowest BCUT2D eigenvalue weighted by Crippen LogP contribution is -2.63. The first-order chi connectivity index (χ1) is 8.51. The van der Waals surface area contributed by atoms with Crippen LogP contribution in [0.4, 0.5) is 0 Å². The molecule has 0 spiro atoms. The number of rotatable bonds is 6. The second-order valence-corrected chi connectivity index (χ2v) is 6.86. The van der Waals surface area contributed by atoms with Gasteiger partial charge in [0.15, 0.2) is 0 Å². The molecule has 0 aromatic rings. The summed E-state index contributed by atoms with van der Waals surface area (Å²) in [6, 6.07) is 0.638. The van der Waals surface area contributed by atoms with Crippen LogP contribution in [0.25, 0.3) is 0 Å². The molecule has 3 nitrogen and oxygen atoms in total. The van der Waals surface area contributed by atoms with Crippen molar-refractivity contribution in [3.05, 3.63) is 0 Å². The van der Waals surface area contributed by atoms with Crippen molar-refractivity contribution in [2.45, 2.75) is 52.1 Å². The first kappa shape index (κ1) is 14.3. The van der Waals surface area contributed by atoms with Gasteiger partial charge in [-0.15, -0.1) is 0 Å². The van der Waals surface area contributed by atoms with Crippen LogP contribution in [0.15, 0.2) is 0 Å². The Morgan fingerprint density at radius 1 is 1.39 bits per heavy atom. The highest BCUT2D eigenvalue weighted by molar-refractivity contribution is 5.03. The van der Waals surface area contributed by atoms with E-state index in [9.17, 15) is 0 Å². The Kier molecular flexibility index (Phi) is 4.68. The molecule has 0 bridgehead atoms. The van der Waals surface area contributed by atoms with E-state index in [1.165, 1.54) is 19.4 Å². The monoisotopic (exact) mass is 254 g/mol. The fourth-order valence-electron chi connectivity index (χ4n) is 2.94. The third-order valence-electron chi connectivity index (χ3n) is 4.41. The number of hydrogen-bond donors (Lipinski definition) is 1. The molecule has 106 valence electrons. The van der Waals surface area contributed by atoms with E-state index in [1.807, 2.05) is 0 Å². The highest BCUT2D eigenvalue weighted by atomic mass is 16.5. The van der Waals surface area contributed by atoms with E-state index < -0.39 is 0 Å². The molecule has 18 heavy (non-hydrogen) atoms. The number of nitrogens with zero attached hydrogens (tertiary/aromatic N) is 1. The Morgan fingerprint density at radius 3 is 2.72 bits per heavy atom. The normalized spacial score (nSPS) is 34.2. The maximum Gasteiger partial charge on any atom is 0.0593 e. The molecule has 1 aliphatic heterocycles. The van der Waals surface area contributed by atoms with Gasteiger partial charge >= 0.3 is 0 Å². The zero-order valence-electron chi connectivity index (χ0n) is 12.5. The maximum absolute atomic E-state index is 5.73. The van der Waals surface area contributed by atoms with Crippen LogP contribution >= 0.6 is 0 Å². The summed E-state index contributed by atoms with van der Waals surface area (Å²) < 4.78 is 5.73. The summed E-state index contributed by atoms with van der Waals surface area (Å²) in [5.74, 6) is 1.55. The van der Waals surface area contributed by atoms with Crippen molar-refractivity contribution in [1.29, 1.82) is 0 Å². The smallest absolute Gasteiger partial charge is 0.0593 e. The third kappa shape index (κ3) is 3.69.